The van der Waals surface area contributed by atoms with Gasteiger partial charge in [-0.15, -0.1) is 0 Å². The van der Waals surface area contributed by atoms with E-state index in [1.165, 1.54) is 22.3 Å². The van der Waals surface area contributed by atoms with E-state index in [1.54, 1.807) is 17.6 Å². The van der Waals surface area contributed by atoms with Crippen LogP contribution in [-0.4, -0.2) is 11.1 Å². The highest BCUT2D eigenvalue weighted by molar-refractivity contribution is 5.93. The lowest BCUT2D eigenvalue weighted by molar-refractivity contribution is 0.0706. The normalized spacial score (nSPS) is 13.4. The van der Waals surface area contributed by atoms with Gasteiger partial charge in [-0.05, 0) is 52.8 Å². The minimum atomic E-state index is -0.498. The van der Waals surface area contributed by atoms with Crippen molar-refractivity contribution in [2.75, 3.05) is 0 Å². The van der Waals surface area contributed by atoms with Crippen LogP contribution in [0.25, 0.3) is 0 Å². The van der Waals surface area contributed by atoms with E-state index in [0.29, 0.717) is 12.1 Å². The molecule has 0 saturated heterocycles. The Morgan fingerprint density at radius 3 is 2.15 bits per heavy atom. The molecule has 3 aromatic carbocycles. The molecule has 0 atom stereocenters. The highest BCUT2D eigenvalue weighted by Gasteiger charge is 2.22. The molecule has 1 amide bonds. The summed E-state index contributed by atoms with van der Waals surface area (Å²) < 4.78 is 0. The molecule has 0 aromatic heterocycles. The van der Waals surface area contributed by atoms with E-state index >= 15 is 0 Å². The van der Waals surface area contributed by atoms with Gasteiger partial charge >= 0.3 is 0 Å². The predicted octanol–water partition coefficient (Wildman–Crippen LogP) is 3.78. The first-order chi connectivity index (χ1) is 13.3. The lowest BCUT2D eigenvalue weighted by atomic mass is 9.94. The third-order valence-corrected chi connectivity index (χ3v) is 5.20. The Morgan fingerprint density at radius 2 is 1.52 bits per heavy atom. The van der Waals surface area contributed by atoms with E-state index in [0.717, 1.165) is 18.4 Å². The summed E-state index contributed by atoms with van der Waals surface area (Å²) in [4.78, 5) is 11.7. The van der Waals surface area contributed by atoms with Gasteiger partial charge in [0.1, 0.15) is 0 Å². The summed E-state index contributed by atoms with van der Waals surface area (Å²) in [6, 6.07) is 24.6. The van der Waals surface area contributed by atoms with Gasteiger partial charge in [0.2, 0.25) is 0 Å². The number of fused-ring (bicyclic) bond motifs is 2. The van der Waals surface area contributed by atoms with Crippen LogP contribution in [0.1, 0.15) is 44.2 Å². The Labute approximate surface area is 158 Å². The van der Waals surface area contributed by atoms with Gasteiger partial charge in [0, 0.05) is 12.1 Å². The largest absolute Gasteiger partial charge is 0.302 e. The maximum Gasteiger partial charge on any atom is 0.274 e. The average molecular weight is 358 g/mol. The summed E-state index contributed by atoms with van der Waals surface area (Å²) in [6.07, 6.45) is 2.08. The third kappa shape index (κ3) is 3.63. The first-order valence-electron chi connectivity index (χ1n) is 9.18. The van der Waals surface area contributed by atoms with Crippen LogP contribution in [0.15, 0.2) is 72.8 Å². The third-order valence-electron chi connectivity index (χ3n) is 5.20. The second-order valence-electron chi connectivity index (χ2n) is 6.85. The fourth-order valence-corrected chi connectivity index (χ4v) is 3.85. The number of aryl methyl sites for hydroxylation is 2. The number of benzene rings is 3. The van der Waals surface area contributed by atoms with Crippen LogP contribution < -0.4 is 10.8 Å². The van der Waals surface area contributed by atoms with Crippen molar-refractivity contribution in [2.24, 2.45) is 0 Å². The quantitative estimate of drug-likeness (QED) is 0.491. The molecule has 4 nitrogen and oxygen atoms in total. The summed E-state index contributed by atoms with van der Waals surface area (Å²) in [5.74, 6) is -0.498. The molecule has 0 unspecified atom stereocenters. The fraction of sp³-hybridized carbons (Fsp3) is 0.174. The molecule has 3 N–H and O–H groups in total. The van der Waals surface area contributed by atoms with Crippen LogP contribution in [0.3, 0.4) is 0 Å². The molecule has 1 aliphatic carbocycles. The van der Waals surface area contributed by atoms with Crippen LogP contribution in [0, 0.1) is 0 Å². The number of nitrogens with one attached hydrogen (secondary N) is 2. The zero-order valence-corrected chi connectivity index (χ0v) is 15.0. The second-order valence-corrected chi connectivity index (χ2v) is 6.85. The van der Waals surface area contributed by atoms with Crippen molar-refractivity contribution in [3.63, 3.8) is 0 Å². The van der Waals surface area contributed by atoms with Crippen LogP contribution in [0.5, 0.6) is 0 Å². The van der Waals surface area contributed by atoms with Crippen molar-refractivity contribution in [1.82, 2.24) is 10.8 Å². The van der Waals surface area contributed by atoms with E-state index in [9.17, 15) is 4.79 Å². The molecular weight excluding hydrogens is 336 g/mol. The van der Waals surface area contributed by atoms with Crippen molar-refractivity contribution in [3.8, 4) is 0 Å². The smallest absolute Gasteiger partial charge is 0.274 e. The summed E-state index contributed by atoms with van der Waals surface area (Å²) in [6.45, 7) is 0.625. The van der Waals surface area contributed by atoms with Gasteiger partial charge in [-0.3, -0.25) is 10.0 Å². The molecular formula is C23H22N2O2. The van der Waals surface area contributed by atoms with Gasteiger partial charge < -0.3 is 5.32 Å². The molecule has 0 fully saturated rings. The molecule has 136 valence electrons. The monoisotopic (exact) mass is 358 g/mol. The molecule has 0 bridgehead atoms. The molecule has 0 radical (unpaired) electrons. The number of rotatable bonds is 4. The SMILES string of the molecule is O=C(NO)c1cccc(CNC2c3ccccc3CCc3ccccc32)c1. The zero-order chi connectivity index (χ0) is 18.6. The lowest BCUT2D eigenvalue weighted by Gasteiger charge is -2.22. The summed E-state index contributed by atoms with van der Waals surface area (Å²) in [7, 11) is 0. The van der Waals surface area contributed by atoms with Gasteiger partial charge in [0.15, 0.2) is 0 Å². The Hall–Kier alpha value is -2.95. The van der Waals surface area contributed by atoms with Crippen molar-refractivity contribution < 1.29 is 10.0 Å². The van der Waals surface area contributed by atoms with Crippen molar-refractivity contribution in [2.45, 2.75) is 25.4 Å². The molecule has 4 rings (SSSR count). The number of hydrogen-bond donors (Lipinski definition) is 3. The van der Waals surface area contributed by atoms with Gasteiger partial charge in [-0.2, -0.15) is 0 Å². The highest BCUT2D eigenvalue weighted by Crippen LogP contribution is 2.32. The molecule has 27 heavy (non-hydrogen) atoms. The molecule has 3 aromatic rings. The maximum absolute atomic E-state index is 11.7. The van der Waals surface area contributed by atoms with Crippen LogP contribution in [0.4, 0.5) is 0 Å². The standard InChI is InChI=1S/C23H22N2O2/c26-23(25-27)19-9-5-6-16(14-19)15-24-22-20-10-3-1-7-17(20)12-13-18-8-2-4-11-21(18)22/h1-11,14,22,24,27H,12-13,15H2,(H,25,26). The van der Waals surface area contributed by atoms with Crippen LogP contribution in [0.2, 0.25) is 0 Å². The number of amides is 1. The first-order valence-corrected chi connectivity index (χ1v) is 9.18. The Kier molecular flexibility index (Phi) is 5.01. The van der Waals surface area contributed by atoms with Gasteiger partial charge in [-0.1, -0.05) is 60.7 Å². The summed E-state index contributed by atoms with van der Waals surface area (Å²) in [5.41, 5.74) is 8.50. The lowest BCUT2D eigenvalue weighted by Crippen LogP contribution is -2.23. The highest BCUT2D eigenvalue weighted by atomic mass is 16.5. The van der Waals surface area contributed by atoms with Gasteiger partial charge in [0.05, 0.1) is 6.04 Å². The Bertz CT molecular complexity index is 920. The number of carbonyl (C=O) groups excluding carboxylic acids is 1. The summed E-state index contributed by atoms with van der Waals surface area (Å²) in [5, 5.41) is 12.5. The minimum Gasteiger partial charge on any atom is -0.302 e. The van der Waals surface area contributed by atoms with E-state index in [4.69, 9.17) is 5.21 Å². The van der Waals surface area contributed by atoms with Gasteiger partial charge in [-0.25, -0.2) is 5.48 Å². The topological polar surface area (TPSA) is 61.4 Å². The Morgan fingerprint density at radius 1 is 0.889 bits per heavy atom. The molecule has 1 aliphatic rings. The van der Waals surface area contributed by atoms with Crippen molar-refractivity contribution in [3.05, 3.63) is 106 Å². The first kappa shape index (κ1) is 17.5. The maximum atomic E-state index is 11.7. The molecule has 0 aliphatic heterocycles. The van der Waals surface area contributed by atoms with E-state index in [1.807, 2.05) is 12.1 Å². The minimum absolute atomic E-state index is 0.107. The molecule has 4 heteroatoms. The number of carbonyl (C=O) groups is 1. The molecule has 0 heterocycles. The summed E-state index contributed by atoms with van der Waals surface area (Å²) >= 11 is 0. The average Bonchev–Trinajstić information content (AvgIpc) is 2.89. The second kappa shape index (κ2) is 7.74. The van der Waals surface area contributed by atoms with Crippen LogP contribution in [-0.2, 0) is 19.4 Å². The van der Waals surface area contributed by atoms with Gasteiger partial charge in [0.25, 0.3) is 5.91 Å². The number of hydroxylamine groups is 1. The van der Waals surface area contributed by atoms with E-state index < -0.39 is 5.91 Å². The fourth-order valence-electron chi connectivity index (χ4n) is 3.85. The zero-order valence-electron chi connectivity index (χ0n) is 15.0. The van der Waals surface area contributed by atoms with Crippen molar-refractivity contribution >= 4 is 5.91 Å². The Balaban J connectivity index is 1.65. The van der Waals surface area contributed by atoms with E-state index in [-0.39, 0.29) is 6.04 Å². The number of hydrogen-bond acceptors (Lipinski definition) is 3. The molecule has 0 saturated carbocycles. The van der Waals surface area contributed by atoms with E-state index in [2.05, 4.69) is 53.8 Å². The molecule has 0 spiro atoms. The predicted molar refractivity (Wildman–Crippen MR) is 105 cm³/mol. The van der Waals surface area contributed by atoms with Crippen LogP contribution >= 0.6 is 0 Å². The van der Waals surface area contributed by atoms with Crippen molar-refractivity contribution in [1.29, 1.82) is 0 Å².